The number of likely N-dealkylation sites (N-methyl/N-ethyl adjacent to an activating group) is 1. The van der Waals surface area contributed by atoms with Crippen molar-refractivity contribution in [3.8, 4) is 0 Å². The first-order chi connectivity index (χ1) is 8.75. The van der Waals surface area contributed by atoms with Gasteiger partial charge in [0.15, 0.2) is 0 Å². The molecule has 0 amide bonds. The molecule has 1 unspecified atom stereocenters. The smallest absolute Gasteiger partial charge is 0.0877 e. The van der Waals surface area contributed by atoms with Crippen molar-refractivity contribution in [3.05, 3.63) is 18.0 Å². The van der Waals surface area contributed by atoms with Crippen LogP contribution >= 0.6 is 0 Å². The Balaban J connectivity index is 2.24. The lowest BCUT2D eigenvalue weighted by atomic mass is 9.88. The predicted octanol–water partition coefficient (Wildman–Crippen LogP) is 2.51. The molecule has 4 heteroatoms. The van der Waals surface area contributed by atoms with Gasteiger partial charge in [-0.3, -0.25) is 4.68 Å². The minimum Gasteiger partial charge on any atom is -0.373 e. The molecule has 1 heterocycles. The number of hydrogen-bond donors (Lipinski definition) is 1. The van der Waals surface area contributed by atoms with Crippen LogP contribution in [-0.2, 0) is 11.3 Å². The average molecular weight is 251 g/mol. The van der Waals surface area contributed by atoms with Gasteiger partial charge in [0, 0.05) is 24.9 Å². The highest BCUT2D eigenvalue weighted by Gasteiger charge is 2.42. The Morgan fingerprint density at radius 3 is 2.67 bits per heavy atom. The summed E-state index contributed by atoms with van der Waals surface area (Å²) >= 11 is 0. The highest BCUT2D eigenvalue weighted by atomic mass is 16.5. The van der Waals surface area contributed by atoms with Crippen LogP contribution in [0.4, 0.5) is 0 Å². The van der Waals surface area contributed by atoms with E-state index in [1.165, 1.54) is 18.4 Å². The molecular formula is C14H25N3O. The maximum Gasteiger partial charge on any atom is 0.0877 e. The topological polar surface area (TPSA) is 39.1 Å². The molecule has 18 heavy (non-hydrogen) atoms. The number of ether oxygens (including phenoxy) is 1. The minimum absolute atomic E-state index is 0.0366. The van der Waals surface area contributed by atoms with E-state index in [1.54, 1.807) is 0 Å². The first-order valence-corrected chi connectivity index (χ1v) is 7.09. The molecule has 1 saturated carbocycles. The summed E-state index contributed by atoms with van der Waals surface area (Å²) < 4.78 is 8.12. The maximum absolute atomic E-state index is 6.14. The van der Waals surface area contributed by atoms with Crippen LogP contribution in [0.15, 0.2) is 12.4 Å². The van der Waals surface area contributed by atoms with Crippen molar-refractivity contribution in [1.82, 2.24) is 15.1 Å². The number of aryl methyl sites for hydroxylation is 1. The normalized spacial score (nSPS) is 20.2. The third kappa shape index (κ3) is 2.45. The van der Waals surface area contributed by atoms with Gasteiger partial charge in [0.05, 0.1) is 17.8 Å². The zero-order valence-electron chi connectivity index (χ0n) is 11.8. The molecule has 0 bridgehead atoms. The van der Waals surface area contributed by atoms with Gasteiger partial charge in [-0.1, -0.05) is 12.8 Å². The van der Waals surface area contributed by atoms with Gasteiger partial charge in [-0.2, -0.15) is 5.10 Å². The number of nitrogens with one attached hydrogen (secondary N) is 1. The van der Waals surface area contributed by atoms with Crippen LogP contribution in [0, 0.1) is 0 Å². The van der Waals surface area contributed by atoms with E-state index >= 15 is 0 Å². The van der Waals surface area contributed by atoms with Gasteiger partial charge in [0.2, 0.25) is 0 Å². The Morgan fingerprint density at radius 2 is 2.17 bits per heavy atom. The molecule has 0 aromatic carbocycles. The summed E-state index contributed by atoms with van der Waals surface area (Å²) in [6, 6.07) is 0.250. The van der Waals surface area contributed by atoms with Crippen molar-refractivity contribution < 1.29 is 4.74 Å². The second kappa shape index (κ2) is 5.85. The molecule has 1 aromatic rings. The van der Waals surface area contributed by atoms with Gasteiger partial charge in [0.25, 0.3) is 0 Å². The van der Waals surface area contributed by atoms with Gasteiger partial charge >= 0.3 is 0 Å². The first-order valence-electron chi connectivity index (χ1n) is 7.09. The molecule has 1 atom stereocenters. The van der Waals surface area contributed by atoms with Gasteiger partial charge in [0.1, 0.15) is 0 Å². The second-order valence-corrected chi connectivity index (χ2v) is 5.06. The SMILES string of the molecule is CCOC1(C(NC)c2cnn(CC)c2)CCCC1. The number of rotatable bonds is 6. The maximum atomic E-state index is 6.14. The zero-order chi connectivity index (χ0) is 13.0. The highest BCUT2D eigenvalue weighted by molar-refractivity contribution is 5.17. The molecule has 0 radical (unpaired) electrons. The van der Waals surface area contributed by atoms with Crippen LogP contribution in [0.1, 0.15) is 51.1 Å². The van der Waals surface area contributed by atoms with Crippen molar-refractivity contribution in [2.24, 2.45) is 0 Å². The molecule has 0 aliphatic heterocycles. The quantitative estimate of drug-likeness (QED) is 0.844. The Hall–Kier alpha value is -0.870. The van der Waals surface area contributed by atoms with E-state index < -0.39 is 0 Å². The Labute approximate surface area is 110 Å². The van der Waals surface area contributed by atoms with E-state index in [1.807, 2.05) is 17.9 Å². The molecule has 0 spiro atoms. The van der Waals surface area contributed by atoms with Crippen LogP contribution < -0.4 is 5.32 Å². The first kappa shape index (κ1) is 13.6. The third-order valence-electron chi connectivity index (χ3n) is 4.01. The molecule has 1 aliphatic rings. The minimum atomic E-state index is -0.0366. The van der Waals surface area contributed by atoms with E-state index in [0.29, 0.717) is 0 Å². The average Bonchev–Trinajstić information content (AvgIpc) is 3.01. The summed E-state index contributed by atoms with van der Waals surface area (Å²) in [7, 11) is 2.02. The van der Waals surface area contributed by atoms with E-state index in [-0.39, 0.29) is 11.6 Å². The monoisotopic (exact) mass is 251 g/mol. The summed E-state index contributed by atoms with van der Waals surface area (Å²) in [4.78, 5) is 0. The molecule has 4 nitrogen and oxygen atoms in total. The van der Waals surface area contributed by atoms with Crippen LogP contribution in [0.5, 0.6) is 0 Å². The van der Waals surface area contributed by atoms with Crippen LogP contribution in [0.3, 0.4) is 0 Å². The van der Waals surface area contributed by atoms with Crippen molar-refractivity contribution in [2.45, 2.75) is 57.7 Å². The van der Waals surface area contributed by atoms with E-state index in [9.17, 15) is 0 Å². The standard InChI is InChI=1S/C14H25N3O/c1-4-17-11-12(10-16-17)13(15-3)14(18-5-2)8-6-7-9-14/h10-11,13,15H,4-9H2,1-3H3. The van der Waals surface area contributed by atoms with E-state index in [2.05, 4.69) is 30.5 Å². The van der Waals surface area contributed by atoms with E-state index in [4.69, 9.17) is 4.74 Å². The van der Waals surface area contributed by atoms with Crippen LogP contribution in [-0.4, -0.2) is 29.0 Å². The fourth-order valence-electron chi connectivity index (χ4n) is 3.21. The highest BCUT2D eigenvalue weighted by Crippen LogP contribution is 2.42. The summed E-state index contributed by atoms with van der Waals surface area (Å²) in [5, 5.41) is 7.83. The van der Waals surface area contributed by atoms with Crippen molar-refractivity contribution in [1.29, 1.82) is 0 Å². The van der Waals surface area contributed by atoms with Crippen LogP contribution in [0.2, 0.25) is 0 Å². The fraction of sp³-hybridized carbons (Fsp3) is 0.786. The number of nitrogens with zero attached hydrogens (tertiary/aromatic N) is 2. The van der Waals surface area contributed by atoms with Gasteiger partial charge in [-0.25, -0.2) is 0 Å². The summed E-state index contributed by atoms with van der Waals surface area (Å²) in [6.45, 7) is 5.89. The molecule has 2 rings (SSSR count). The van der Waals surface area contributed by atoms with E-state index in [0.717, 1.165) is 26.0 Å². The lowest BCUT2D eigenvalue weighted by Crippen LogP contribution is -2.43. The Kier molecular flexibility index (Phi) is 4.40. The molecule has 1 aromatic heterocycles. The summed E-state index contributed by atoms with van der Waals surface area (Å²) in [6.07, 6.45) is 8.93. The Morgan fingerprint density at radius 1 is 1.44 bits per heavy atom. The van der Waals surface area contributed by atoms with Crippen molar-refractivity contribution in [3.63, 3.8) is 0 Å². The number of hydrogen-bond acceptors (Lipinski definition) is 3. The lowest BCUT2D eigenvalue weighted by molar-refractivity contribution is -0.0610. The molecule has 1 N–H and O–H groups in total. The summed E-state index contributed by atoms with van der Waals surface area (Å²) in [5.41, 5.74) is 1.21. The summed E-state index contributed by atoms with van der Waals surface area (Å²) in [5.74, 6) is 0. The third-order valence-corrected chi connectivity index (χ3v) is 4.01. The second-order valence-electron chi connectivity index (χ2n) is 5.06. The van der Waals surface area contributed by atoms with Gasteiger partial charge < -0.3 is 10.1 Å². The zero-order valence-corrected chi connectivity index (χ0v) is 11.8. The van der Waals surface area contributed by atoms with Crippen molar-refractivity contribution in [2.75, 3.05) is 13.7 Å². The molecule has 0 saturated heterocycles. The predicted molar refractivity (Wildman–Crippen MR) is 72.5 cm³/mol. The van der Waals surface area contributed by atoms with Crippen molar-refractivity contribution >= 4 is 0 Å². The Bertz CT molecular complexity index is 369. The number of aromatic nitrogens is 2. The van der Waals surface area contributed by atoms with Crippen LogP contribution in [0.25, 0.3) is 0 Å². The van der Waals surface area contributed by atoms with Gasteiger partial charge in [-0.05, 0) is 33.7 Å². The molecule has 102 valence electrons. The lowest BCUT2D eigenvalue weighted by Gasteiger charge is -2.36. The molecule has 1 fully saturated rings. The fourth-order valence-corrected chi connectivity index (χ4v) is 3.21. The molecular weight excluding hydrogens is 226 g/mol. The molecule has 1 aliphatic carbocycles. The van der Waals surface area contributed by atoms with Gasteiger partial charge in [-0.15, -0.1) is 0 Å². The largest absolute Gasteiger partial charge is 0.373 e.